The topological polar surface area (TPSA) is 119 Å². The second-order valence-electron chi connectivity index (χ2n) is 11.2. The van der Waals surface area contributed by atoms with E-state index in [0.717, 1.165) is 60.0 Å². The van der Waals surface area contributed by atoms with Gasteiger partial charge >= 0.3 is 5.97 Å². The summed E-state index contributed by atoms with van der Waals surface area (Å²) in [6.07, 6.45) is 6.87. The second-order valence-corrected chi connectivity index (χ2v) is 11.2. The van der Waals surface area contributed by atoms with Crippen molar-refractivity contribution >= 4 is 50.3 Å². The second kappa shape index (κ2) is 9.27. The molecule has 2 unspecified atom stereocenters. The number of fused-ring (bicyclic) bond motifs is 5. The fourth-order valence-corrected chi connectivity index (χ4v) is 6.93. The predicted octanol–water partition coefficient (Wildman–Crippen LogP) is 4.04. The average molecular weight is 556 g/mol. The van der Waals surface area contributed by atoms with E-state index in [4.69, 9.17) is 4.98 Å². The molecule has 2 aliphatic heterocycles. The highest BCUT2D eigenvalue weighted by molar-refractivity contribution is 6.17. The van der Waals surface area contributed by atoms with Crippen molar-refractivity contribution in [3.8, 4) is 11.1 Å². The number of nitrogens with one attached hydrogen (secondary N) is 2. The van der Waals surface area contributed by atoms with Gasteiger partial charge in [0, 0.05) is 68.3 Å². The molecule has 41 heavy (non-hydrogen) atoms. The van der Waals surface area contributed by atoms with Gasteiger partial charge < -0.3 is 29.8 Å². The van der Waals surface area contributed by atoms with Crippen molar-refractivity contribution < 1.29 is 14.3 Å². The van der Waals surface area contributed by atoms with E-state index in [2.05, 4.69) is 32.1 Å². The molecule has 0 saturated carbocycles. The van der Waals surface area contributed by atoms with Crippen LogP contribution in [-0.4, -0.2) is 75.3 Å². The van der Waals surface area contributed by atoms with Crippen LogP contribution in [0.3, 0.4) is 0 Å². The van der Waals surface area contributed by atoms with E-state index in [1.54, 1.807) is 37.1 Å². The molecule has 0 amide bonds. The maximum atomic E-state index is 14.9. The fraction of sp³-hybridized carbons (Fsp3) is 0.333. The van der Waals surface area contributed by atoms with E-state index in [1.807, 2.05) is 0 Å². The summed E-state index contributed by atoms with van der Waals surface area (Å²) in [4.78, 5) is 42.5. The zero-order valence-corrected chi connectivity index (χ0v) is 23.0. The molecule has 4 aromatic heterocycles. The quantitative estimate of drug-likeness (QED) is 0.304. The number of carboxylic acid groups (broad SMARTS) is 1. The Morgan fingerprint density at radius 1 is 1.12 bits per heavy atom. The number of aromatic amines is 1. The lowest BCUT2D eigenvalue weighted by Gasteiger charge is -2.39. The van der Waals surface area contributed by atoms with Crippen molar-refractivity contribution in [3.63, 3.8) is 0 Å². The Morgan fingerprint density at radius 3 is 2.73 bits per heavy atom. The van der Waals surface area contributed by atoms with Crippen LogP contribution in [0.2, 0.25) is 0 Å². The number of hydrogen-bond acceptors (Lipinski definition) is 7. The SMILES string of the molecule is CNc1cc(F)cc2c1[nH]c1ncc(-c3cnc4c(c3)c(=O)c(C(=O)O)cn4C)c(N3CCC4C(CCN4C)C3)c12. The molecule has 2 saturated heterocycles. The van der Waals surface area contributed by atoms with Gasteiger partial charge in [-0.05, 0) is 50.6 Å². The number of carbonyl (C=O) groups is 1. The van der Waals surface area contributed by atoms with Crippen LogP contribution in [0, 0.1) is 11.7 Å². The molecule has 210 valence electrons. The molecule has 7 rings (SSSR count). The minimum atomic E-state index is -1.28. The van der Waals surface area contributed by atoms with Crippen LogP contribution < -0.4 is 15.6 Å². The van der Waals surface area contributed by atoms with Crippen LogP contribution in [0.1, 0.15) is 23.2 Å². The van der Waals surface area contributed by atoms with Crippen LogP contribution in [0.15, 0.2) is 41.6 Å². The maximum Gasteiger partial charge on any atom is 0.341 e. The normalized spacial score (nSPS) is 19.4. The van der Waals surface area contributed by atoms with E-state index in [0.29, 0.717) is 34.5 Å². The van der Waals surface area contributed by atoms with Crippen molar-refractivity contribution in [1.29, 1.82) is 0 Å². The minimum absolute atomic E-state index is 0.217. The summed E-state index contributed by atoms with van der Waals surface area (Å²) in [6.45, 7) is 2.72. The number of aryl methyl sites for hydroxylation is 1. The van der Waals surface area contributed by atoms with Gasteiger partial charge in [-0.2, -0.15) is 0 Å². The number of nitrogens with zero attached hydrogens (tertiary/aromatic N) is 5. The Balaban J connectivity index is 1.51. The Bertz CT molecular complexity index is 1950. The number of rotatable bonds is 4. The van der Waals surface area contributed by atoms with Crippen LogP contribution in [0.4, 0.5) is 15.8 Å². The summed E-state index contributed by atoms with van der Waals surface area (Å²) >= 11 is 0. The number of carboxylic acids is 1. The number of pyridine rings is 3. The van der Waals surface area contributed by atoms with E-state index < -0.39 is 11.4 Å². The lowest BCUT2D eigenvalue weighted by Crippen LogP contribution is -2.45. The third-order valence-corrected chi connectivity index (χ3v) is 8.92. The van der Waals surface area contributed by atoms with Gasteiger partial charge in [0.1, 0.15) is 22.7 Å². The number of benzene rings is 1. The van der Waals surface area contributed by atoms with Gasteiger partial charge in [0.05, 0.1) is 27.7 Å². The van der Waals surface area contributed by atoms with E-state index in [-0.39, 0.29) is 16.8 Å². The van der Waals surface area contributed by atoms with Crippen molar-refractivity contribution in [2.45, 2.75) is 18.9 Å². The van der Waals surface area contributed by atoms with Crippen molar-refractivity contribution in [1.82, 2.24) is 24.4 Å². The Labute approximate surface area is 234 Å². The molecule has 10 nitrogen and oxygen atoms in total. The molecule has 6 heterocycles. The average Bonchev–Trinajstić information content (AvgIpc) is 3.53. The molecule has 3 N–H and O–H groups in total. The predicted molar refractivity (Wildman–Crippen MR) is 157 cm³/mol. The maximum absolute atomic E-state index is 14.9. The molecule has 11 heteroatoms. The Hall–Kier alpha value is -4.51. The first-order valence-electron chi connectivity index (χ1n) is 13.7. The van der Waals surface area contributed by atoms with Gasteiger partial charge in [0.25, 0.3) is 0 Å². The van der Waals surface area contributed by atoms with Crippen LogP contribution in [0.5, 0.6) is 0 Å². The fourth-order valence-electron chi connectivity index (χ4n) is 6.93. The molecule has 0 radical (unpaired) electrons. The number of likely N-dealkylation sites (tertiary alicyclic amines) is 1. The summed E-state index contributed by atoms with van der Waals surface area (Å²) in [5, 5.41) is 14.4. The molecular formula is C30H30FN7O3. The van der Waals surface area contributed by atoms with E-state index in [9.17, 15) is 19.1 Å². The summed E-state index contributed by atoms with van der Waals surface area (Å²) in [6, 6.07) is 5.23. The van der Waals surface area contributed by atoms with Crippen molar-refractivity contribution in [3.05, 3.63) is 58.4 Å². The number of aromatic carboxylic acids is 1. The first kappa shape index (κ1) is 25.5. The highest BCUT2D eigenvalue weighted by Gasteiger charge is 2.37. The standard InChI is InChI=1S/C30H30FN7O3/c1-32-22-10-17(31)9-18-24-26(38-7-5-23-15(13-38)4-6-36(23)2)20(12-33-28(24)35-25(18)22)16-8-19-27(39)21(30(40)41)14-37(3)29(19)34-11-16/h8-12,14-15,23,32H,4-7,13H2,1-3H3,(H,33,35)(H,40,41). The van der Waals surface area contributed by atoms with Gasteiger partial charge in [-0.25, -0.2) is 19.2 Å². The number of anilines is 2. The lowest BCUT2D eigenvalue weighted by molar-refractivity contribution is 0.0695. The highest BCUT2D eigenvalue weighted by atomic mass is 19.1. The van der Waals surface area contributed by atoms with Gasteiger partial charge in [-0.15, -0.1) is 0 Å². The molecular weight excluding hydrogens is 525 g/mol. The van der Waals surface area contributed by atoms with Crippen LogP contribution >= 0.6 is 0 Å². The Morgan fingerprint density at radius 2 is 1.95 bits per heavy atom. The first-order valence-corrected chi connectivity index (χ1v) is 13.7. The summed E-state index contributed by atoms with van der Waals surface area (Å²) in [5.74, 6) is -1.14. The number of piperidine rings is 1. The minimum Gasteiger partial charge on any atom is -0.477 e. The molecule has 2 aliphatic rings. The van der Waals surface area contributed by atoms with Crippen LogP contribution in [0.25, 0.3) is 44.1 Å². The molecule has 2 fully saturated rings. The largest absolute Gasteiger partial charge is 0.477 e. The molecule has 2 atom stereocenters. The number of halogens is 1. The monoisotopic (exact) mass is 555 g/mol. The number of hydrogen-bond donors (Lipinski definition) is 3. The number of H-pyrrole nitrogens is 1. The van der Waals surface area contributed by atoms with Gasteiger partial charge in [-0.1, -0.05) is 0 Å². The summed E-state index contributed by atoms with van der Waals surface area (Å²) in [7, 11) is 5.61. The molecule has 0 aliphatic carbocycles. The van der Waals surface area contributed by atoms with Gasteiger partial charge in [-0.3, -0.25) is 4.79 Å². The summed E-state index contributed by atoms with van der Waals surface area (Å²) < 4.78 is 16.4. The molecule has 0 bridgehead atoms. The van der Waals surface area contributed by atoms with Crippen LogP contribution in [-0.2, 0) is 7.05 Å². The third kappa shape index (κ3) is 3.86. The zero-order chi connectivity index (χ0) is 28.6. The molecule has 1 aromatic carbocycles. The highest BCUT2D eigenvalue weighted by Crippen LogP contribution is 2.44. The van der Waals surface area contributed by atoms with Crippen molar-refractivity contribution in [2.24, 2.45) is 13.0 Å². The van der Waals surface area contributed by atoms with Crippen molar-refractivity contribution in [2.75, 3.05) is 43.9 Å². The summed E-state index contributed by atoms with van der Waals surface area (Å²) in [5.41, 5.74) is 3.86. The number of aromatic nitrogens is 4. The molecule has 0 spiro atoms. The smallest absolute Gasteiger partial charge is 0.341 e. The zero-order valence-electron chi connectivity index (χ0n) is 23.0. The Kier molecular flexibility index (Phi) is 5.75. The van der Waals surface area contributed by atoms with Gasteiger partial charge in [0.15, 0.2) is 0 Å². The lowest BCUT2D eigenvalue weighted by atomic mass is 9.91. The van der Waals surface area contributed by atoms with Gasteiger partial charge in [0.2, 0.25) is 5.43 Å². The molecule has 5 aromatic rings. The van der Waals surface area contributed by atoms with E-state index >= 15 is 0 Å². The first-order chi connectivity index (χ1) is 19.7. The van der Waals surface area contributed by atoms with E-state index in [1.165, 1.54) is 18.3 Å². The third-order valence-electron chi connectivity index (χ3n) is 8.92.